The van der Waals surface area contributed by atoms with Crippen LogP contribution in [0, 0.1) is 5.92 Å². The maximum absolute atomic E-state index is 8.69. The van der Waals surface area contributed by atoms with Crippen molar-refractivity contribution in [2.24, 2.45) is 5.92 Å². The zero-order valence-electron chi connectivity index (χ0n) is 5.81. The number of nitrogens with one attached hydrogen (secondary N) is 1. The summed E-state index contributed by atoms with van der Waals surface area (Å²) < 4.78 is 0. The predicted octanol–water partition coefficient (Wildman–Crippen LogP) is 0.570. The largest absolute Gasteiger partial charge is 0.379 e. The van der Waals surface area contributed by atoms with Crippen LogP contribution < -0.4 is 5.32 Å². The van der Waals surface area contributed by atoms with Crippen LogP contribution in [0.1, 0.15) is 20.8 Å². The molecule has 1 unspecified atom stereocenters. The molecular weight excluding hydrogens is 102 g/mol. The summed E-state index contributed by atoms with van der Waals surface area (Å²) in [4.78, 5) is 0. The maximum Gasteiger partial charge on any atom is 0.102 e. The van der Waals surface area contributed by atoms with Crippen molar-refractivity contribution in [3.05, 3.63) is 0 Å². The molecule has 0 bridgehead atoms. The molecule has 2 nitrogen and oxygen atoms in total. The fraction of sp³-hybridized carbons (Fsp3) is 1.00. The zero-order chi connectivity index (χ0) is 6.57. The van der Waals surface area contributed by atoms with E-state index in [1.165, 1.54) is 0 Å². The van der Waals surface area contributed by atoms with Gasteiger partial charge in [0.25, 0.3) is 0 Å². The lowest BCUT2D eigenvalue weighted by molar-refractivity contribution is 0.152. The van der Waals surface area contributed by atoms with Gasteiger partial charge in [0.15, 0.2) is 0 Å². The Labute approximate surface area is 50.9 Å². The Bertz CT molecular complexity index is 44.5. The van der Waals surface area contributed by atoms with Crippen molar-refractivity contribution in [2.75, 3.05) is 6.54 Å². The van der Waals surface area contributed by atoms with Crippen LogP contribution in [0.3, 0.4) is 0 Å². The van der Waals surface area contributed by atoms with Crippen molar-refractivity contribution in [2.45, 2.75) is 27.0 Å². The van der Waals surface area contributed by atoms with E-state index in [1.54, 1.807) is 6.92 Å². The molecule has 0 fully saturated rings. The van der Waals surface area contributed by atoms with Gasteiger partial charge in [-0.15, -0.1) is 0 Å². The van der Waals surface area contributed by atoms with Gasteiger partial charge >= 0.3 is 0 Å². The van der Waals surface area contributed by atoms with Gasteiger partial charge in [0.1, 0.15) is 6.23 Å². The summed E-state index contributed by atoms with van der Waals surface area (Å²) in [6, 6.07) is 0. The summed E-state index contributed by atoms with van der Waals surface area (Å²) in [6.07, 6.45) is -0.364. The summed E-state index contributed by atoms with van der Waals surface area (Å²) in [5, 5.41) is 11.6. The highest BCUT2D eigenvalue weighted by molar-refractivity contribution is 4.49. The van der Waals surface area contributed by atoms with Gasteiger partial charge in [-0.05, 0) is 19.4 Å². The van der Waals surface area contributed by atoms with Gasteiger partial charge < -0.3 is 5.11 Å². The minimum Gasteiger partial charge on any atom is -0.379 e. The lowest BCUT2D eigenvalue weighted by atomic mass is 10.2. The van der Waals surface area contributed by atoms with Gasteiger partial charge in [0.05, 0.1) is 0 Å². The smallest absolute Gasteiger partial charge is 0.102 e. The van der Waals surface area contributed by atoms with E-state index in [2.05, 4.69) is 19.2 Å². The zero-order valence-corrected chi connectivity index (χ0v) is 5.81. The third kappa shape index (κ3) is 5.92. The summed E-state index contributed by atoms with van der Waals surface area (Å²) in [7, 11) is 0. The second-order valence-electron chi connectivity index (χ2n) is 2.48. The second-order valence-corrected chi connectivity index (χ2v) is 2.48. The number of hydrogen-bond acceptors (Lipinski definition) is 2. The molecule has 8 heavy (non-hydrogen) atoms. The Balaban J connectivity index is 2.93. The van der Waals surface area contributed by atoms with E-state index in [4.69, 9.17) is 5.11 Å². The Kier molecular flexibility index (Phi) is 3.83. The molecule has 0 spiro atoms. The molecule has 0 aromatic heterocycles. The molecule has 0 rings (SSSR count). The van der Waals surface area contributed by atoms with Crippen LogP contribution in [-0.2, 0) is 0 Å². The first-order valence-electron chi connectivity index (χ1n) is 3.04. The van der Waals surface area contributed by atoms with E-state index >= 15 is 0 Å². The van der Waals surface area contributed by atoms with E-state index in [0.29, 0.717) is 5.92 Å². The standard InChI is InChI=1S/C6H15NO/c1-5(2)4-7-6(3)8/h5-8H,4H2,1-3H3. The van der Waals surface area contributed by atoms with E-state index < -0.39 is 0 Å². The second kappa shape index (κ2) is 3.87. The van der Waals surface area contributed by atoms with E-state index in [1.807, 2.05) is 0 Å². The minimum atomic E-state index is -0.364. The molecule has 0 aliphatic heterocycles. The van der Waals surface area contributed by atoms with Crippen molar-refractivity contribution in [1.29, 1.82) is 0 Å². The van der Waals surface area contributed by atoms with Crippen molar-refractivity contribution < 1.29 is 5.11 Å². The topological polar surface area (TPSA) is 32.3 Å². The monoisotopic (exact) mass is 117 g/mol. The third-order valence-electron chi connectivity index (χ3n) is 0.822. The molecule has 0 aliphatic rings. The van der Waals surface area contributed by atoms with Crippen molar-refractivity contribution in [1.82, 2.24) is 5.32 Å². The van der Waals surface area contributed by atoms with E-state index in [-0.39, 0.29) is 6.23 Å². The quantitative estimate of drug-likeness (QED) is 0.530. The van der Waals surface area contributed by atoms with Crippen molar-refractivity contribution >= 4 is 0 Å². The average Bonchev–Trinajstić information content (AvgIpc) is 1.61. The molecule has 0 saturated heterocycles. The molecule has 0 aliphatic carbocycles. The maximum atomic E-state index is 8.69. The van der Waals surface area contributed by atoms with Crippen LogP contribution in [0.4, 0.5) is 0 Å². The molecule has 1 atom stereocenters. The van der Waals surface area contributed by atoms with Crippen LogP contribution in [0.25, 0.3) is 0 Å². The van der Waals surface area contributed by atoms with Gasteiger partial charge in [-0.2, -0.15) is 0 Å². The number of rotatable bonds is 3. The molecule has 0 aromatic carbocycles. The molecule has 0 amide bonds. The van der Waals surface area contributed by atoms with Gasteiger partial charge in [-0.1, -0.05) is 13.8 Å². The number of aliphatic hydroxyl groups is 1. The number of aliphatic hydroxyl groups excluding tert-OH is 1. The van der Waals surface area contributed by atoms with Gasteiger partial charge in [0, 0.05) is 0 Å². The van der Waals surface area contributed by atoms with E-state index in [0.717, 1.165) is 6.54 Å². The first-order valence-corrected chi connectivity index (χ1v) is 3.04. The molecular formula is C6H15NO. The van der Waals surface area contributed by atoms with Crippen molar-refractivity contribution in [3.63, 3.8) is 0 Å². The van der Waals surface area contributed by atoms with Crippen LogP contribution in [0.5, 0.6) is 0 Å². The highest BCUT2D eigenvalue weighted by atomic mass is 16.3. The summed E-state index contributed by atoms with van der Waals surface area (Å²) >= 11 is 0. The number of hydrogen-bond donors (Lipinski definition) is 2. The summed E-state index contributed by atoms with van der Waals surface area (Å²) in [5.41, 5.74) is 0. The lowest BCUT2D eigenvalue weighted by Gasteiger charge is -2.08. The Hall–Kier alpha value is -0.0800. The fourth-order valence-electron chi connectivity index (χ4n) is 0.406. The first-order chi connectivity index (χ1) is 3.63. The van der Waals surface area contributed by atoms with E-state index in [9.17, 15) is 0 Å². The van der Waals surface area contributed by atoms with Crippen LogP contribution in [0.2, 0.25) is 0 Å². The molecule has 0 aromatic rings. The molecule has 2 N–H and O–H groups in total. The Morgan fingerprint density at radius 2 is 1.88 bits per heavy atom. The average molecular weight is 117 g/mol. The molecule has 50 valence electrons. The van der Waals surface area contributed by atoms with Crippen molar-refractivity contribution in [3.8, 4) is 0 Å². The Morgan fingerprint density at radius 1 is 1.38 bits per heavy atom. The first kappa shape index (κ1) is 7.92. The highest BCUT2D eigenvalue weighted by Crippen LogP contribution is 1.86. The van der Waals surface area contributed by atoms with Crippen LogP contribution in [0.15, 0.2) is 0 Å². The fourth-order valence-corrected chi connectivity index (χ4v) is 0.406. The van der Waals surface area contributed by atoms with Gasteiger partial charge in [-0.25, -0.2) is 0 Å². The molecule has 0 radical (unpaired) electrons. The van der Waals surface area contributed by atoms with Crippen LogP contribution >= 0.6 is 0 Å². The summed E-state index contributed by atoms with van der Waals surface area (Å²) in [6.45, 7) is 6.82. The van der Waals surface area contributed by atoms with Crippen LogP contribution in [-0.4, -0.2) is 17.9 Å². The molecule has 0 heterocycles. The highest BCUT2D eigenvalue weighted by Gasteiger charge is 1.94. The normalized spacial score (nSPS) is 14.6. The molecule has 2 heteroatoms. The Morgan fingerprint density at radius 3 is 2.00 bits per heavy atom. The van der Waals surface area contributed by atoms with Gasteiger partial charge in [0.2, 0.25) is 0 Å². The lowest BCUT2D eigenvalue weighted by Crippen LogP contribution is -2.28. The third-order valence-corrected chi connectivity index (χ3v) is 0.822. The predicted molar refractivity (Wildman–Crippen MR) is 34.5 cm³/mol. The molecule has 0 saturated carbocycles. The minimum absolute atomic E-state index is 0.364. The van der Waals surface area contributed by atoms with Gasteiger partial charge in [-0.3, -0.25) is 5.32 Å². The summed E-state index contributed by atoms with van der Waals surface area (Å²) in [5.74, 6) is 0.615. The SMILES string of the molecule is CC(C)CNC(C)O.